The molecule has 1 aliphatic heterocycles. The van der Waals surface area contributed by atoms with E-state index < -0.39 is 0 Å². The Morgan fingerprint density at radius 3 is 2.35 bits per heavy atom. The largest absolute Gasteiger partial charge is 0.496 e. The third kappa shape index (κ3) is 3.13. The fraction of sp³-hybridized carbons (Fsp3) is 0.700. The first-order valence-electron chi connectivity index (χ1n) is 9.30. The van der Waals surface area contributed by atoms with Crippen molar-refractivity contribution in [2.75, 3.05) is 20.2 Å². The zero-order chi connectivity index (χ0) is 15.8. The Labute approximate surface area is 139 Å². The third-order valence-electron chi connectivity index (χ3n) is 6.54. The molecule has 0 N–H and O–H groups in total. The molecule has 0 spiro atoms. The van der Waals surface area contributed by atoms with Crippen LogP contribution < -0.4 is 4.74 Å². The van der Waals surface area contributed by atoms with Crippen LogP contribution in [0.25, 0.3) is 0 Å². The van der Waals surface area contributed by atoms with E-state index in [1.165, 1.54) is 38.2 Å². The van der Waals surface area contributed by atoms with Crippen LogP contribution in [-0.4, -0.2) is 31.1 Å². The van der Waals surface area contributed by atoms with Gasteiger partial charge in [-0.2, -0.15) is 0 Å². The van der Waals surface area contributed by atoms with E-state index in [2.05, 4.69) is 4.90 Å². The molecular formula is C20H28FNO. The van der Waals surface area contributed by atoms with Crippen molar-refractivity contribution in [2.45, 2.75) is 56.9 Å². The summed E-state index contributed by atoms with van der Waals surface area (Å²) >= 11 is 0. The molecule has 0 radical (unpaired) electrons. The van der Waals surface area contributed by atoms with E-state index in [-0.39, 0.29) is 5.82 Å². The van der Waals surface area contributed by atoms with Crippen LogP contribution in [0, 0.1) is 17.7 Å². The maximum atomic E-state index is 13.6. The summed E-state index contributed by atoms with van der Waals surface area (Å²) < 4.78 is 19.1. The molecule has 2 aliphatic carbocycles. The Balaban J connectivity index is 1.40. The Bertz CT molecular complexity index is 541. The molecule has 2 bridgehead atoms. The summed E-state index contributed by atoms with van der Waals surface area (Å²) in [7, 11) is 1.68. The number of fused-ring (bicyclic) bond motifs is 2. The highest BCUT2D eigenvalue weighted by Crippen LogP contribution is 2.44. The number of benzene rings is 1. The van der Waals surface area contributed by atoms with Crippen LogP contribution in [0.1, 0.15) is 56.4 Å². The Morgan fingerprint density at radius 2 is 1.70 bits per heavy atom. The fourth-order valence-corrected chi connectivity index (χ4v) is 5.37. The molecule has 2 saturated carbocycles. The van der Waals surface area contributed by atoms with Gasteiger partial charge in [0.25, 0.3) is 0 Å². The molecule has 1 aromatic rings. The predicted molar refractivity (Wildman–Crippen MR) is 90.4 cm³/mol. The van der Waals surface area contributed by atoms with Gasteiger partial charge in [0.05, 0.1) is 7.11 Å². The van der Waals surface area contributed by atoms with Gasteiger partial charge in [0.1, 0.15) is 11.6 Å². The van der Waals surface area contributed by atoms with Gasteiger partial charge in [0, 0.05) is 11.6 Å². The van der Waals surface area contributed by atoms with Gasteiger partial charge in [0.15, 0.2) is 0 Å². The quantitative estimate of drug-likeness (QED) is 0.808. The molecule has 1 heterocycles. The Kier molecular flexibility index (Phi) is 4.31. The summed E-state index contributed by atoms with van der Waals surface area (Å²) in [5.41, 5.74) is 1.07. The van der Waals surface area contributed by atoms with Crippen LogP contribution in [0.15, 0.2) is 18.2 Å². The number of halogens is 1. The van der Waals surface area contributed by atoms with Gasteiger partial charge in [-0.3, -0.25) is 0 Å². The van der Waals surface area contributed by atoms with E-state index in [9.17, 15) is 4.39 Å². The summed E-state index contributed by atoms with van der Waals surface area (Å²) in [5, 5.41) is 0. The molecule has 2 atom stereocenters. The van der Waals surface area contributed by atoms with Crippen molar-refractivity contribution in [1.29, 1.82) is 0 Å². The smallest absolute Gasteiger partial charge is 0.123 e. The van der Waals surface area contributed by atoms with E-state index in [1.807, 2.05) is 0 Å². The molecule has 2 nitrogen and oxygen atoms in total. The molecule has 23 heavy (non-hydrogen) atoms. The minimum Gasteiger partial charge on any atom is -0.496 e. The lowest BCUT2D eigenvalue weighted by Gasteiger charge is -2.41. The topological polar surface area (TPSA) is 12.5 Å². The SMILES string of the molecule is COc1ccc(F)cc1C1CCN(C2CC3CCC(C3)C2)CC1. The van der Waals surface area contributed by atoms with Crippen LogP contribution >= 0.6 is 0 Å². The number of methoxy groups -OCH3 is 1. The van der Waals surface area contributed by atoms with Gasteiger partial charge in [0.2, 0.25) is 0 Å². The highest BCUT2D eigenvalue weighted by atomic mass is 19.1. The van der Waals surface area contributed by atoms with Crippen LogP contribution in [0.2, 0.25) is 0 Å². The van der Waals surface area contributed by atoms with Gasteiger partial charge >= 0.3 is 0 Å². The van der Waals surface area contributed by atoms with E-state index in [4.69, 9.17) is 4.74 Å². The second-order valence-corrected chi connectivity index (χ2v) is 7.87. The summed E-state index contributed by atoms with van der Waals surface area (Å²) in [4.78, 5) is 2.73. The van der Waals surface area contributed by atoms with E-state index in [0.29, 0.717) is 5.92 Å². The van der Waals surface area contributed by atoms with E-state index in [0.717, 1.165) is 55.1 Å². The van der Waals surface area contributed by atoms with E-state index >= 15 is 0 Å². The number of piperidine rings is 1. The average Bonchev–Trinajstić information content (AvgIpc) is 2.93. The number of rotatable bonds is 3. The maximum Gasteiger partial charge on any atom is 0.123 e. The molecule has 2 unspecified atom stereocenters. The lowest BCUT2D eigenvalue weighted by atomic mass is 9.82. The van der Waals surface area contributed by atoms with Crippen LogP contribution in [0.3, 0.4) is 0 Å². The molecule has 3 heteroatoms. The van der Waals surface area contributed by atoms with E-state index in [1.54, 1.807) is 19.2 Å². The molecular weight excluding hydrogens is 289 g/mol. The molecule has 1 aromatic carbocycles. The summed E-state index contributed by atoms with van der Waals surface area (Å²) in [5.74, 6) is 3.14. The second kappa shape index (κ2) is 6.43. The van der Waals surface area contributed by atoms with Crippen molar-refractivity contribution < 1.29 is 9.13 Å². The number of hydrogen-bond acceptors (Lipinski definition) is 2. The molecule has 1 saturated heterocycles. The van der Waals surface area contributed by atoms with Gasteiger partial charge in [-0.25, -0.2) is 4.39 Å². The molecule has 3 aliphatic rings. The molecule has 0 aromatic heterocycles. The fourth-order valence-electron chi connectivity index (χ4n) is 5.37. The minimum absolute atomic E-state index is 0.146. The Morgan fingerprint density at radius 1 is 1.00 bits per heavy atom. The van der Waals surface area contributed by atoms with Crippen LogP contribution in [0.4, 0.5) is 4.39 Å². The lowest BCUT2D eigenvalue weighted by Crippen LogP contribution is -2.43. The van der Waals surface area contributed by atoms with Crippen molar-refractivity contribution in [2.24, 2.45) is 11.8 Å². The van der Waals surface area contributed by atoms with Crippen LogP contribution in [-0.2, 0) is 0 Å². The van der Waals surface area contributed by atoms with Gasteiger partial charge in [-0.15, -0.1) is 0 Å². The monoisotopic (exact) mass is 317 g/mol. The molecule has 4 rings (SSSR count). The number of likely N-dealkylation sites (tertiary alicyclic amines) is 1. The van der Waals surface area contributed by atoms with Crippen molar-refractivity contribution in [3.8, 4) is 5.75 Å². The van der Waals surface area contributed by atoms with Gasteiger partial charge < -0.3 is 9.64 Å². The first-order valence-corrected chi connectivity index (χ1v) is 9.30. The number of hydrogen-bond donors (Lipinski definition) is 0. The van der Waals surface area contributed by atoms with Crippen molar-refractivity contribution in [1.82, 2.24) is 4.90 Å². The molecule has 126 valence electrons. The molecule has 3 fully saturated rings. The van der Waals surface area contributed by atoms with Crippen molar-refractivity contribution >= 4 is 0 Å². The van der Waals surface area contributed by atoms with Crippen LogP contribution in [0.5, 0.6) is 5.75 Å². The summed E-state index contributed by atoms with van der Waals surface area (Å²) in [6, 6.07) is 5.77. The predicted octanol–water partition coefficient (Wildman–Crippen LogP) is 4.59. The van der Waals surface area contributed by atoms with Gasteiger partial charge in [-0.05, 0) is 81.1 Å². The number of nitrogens with zero attached hydrogens (tertiary/aromatic N) is 1. The highest BCUT2D eigenvalue weighted by Gasteiger charge is 2.37. The second-order valence-electron chi connectivity index (χ2n) is 7.87. The highest BCUT2D eigenvalue weighted by molar-refractivity contribution is 5.37. The van der Waals surface area contributed by atoms with Gasteiger partial charge in [-0.1, -0.05) is 12.8 Å². The summed E-state index contributed by atoms with van der Waals surface area (Å²) in [6.45, 7) is 2.32. The first kappa shape index (κ1) is 15.4. The first-order chi connectivity index (χ1) is 11.2. The van der Waals surface area contributed by atoms with Crippen molar-refractivity contribution in [3.63, 3.8) is 0 Å². The standard InChI is InChI=1S/C20H28FNO/c1-23-20-5-4-17(21)13-19(20)16-6-8-22(9-7-16)18-11-14-2-3-15(10-14)12-18/h4-5,13-16,18H,2-3,6-12H2,1H3. The maximum absolute atomic E-state index is 13.6. The van der Waals surface area contributed by atoms with Crippen molar-refractivity contribution in [3.05, 3.63) is 29.6 Å². The minimum atomic E-state index is -0.146. The average molecular weight is 317 g/mol. The Hall–Kier alpha value is -1.09. The third-order valence-corrected chi connectivity index (χ3v) is 6.54. The lowest BCUT2D eigenvalue weighted by molar-refractivity contribution is 0.0980. The number of ether oxygens (including phenoxy) is 1. The molecule has 0 amide bonds. The summed E-state index contributed by atoms with van der Waals surface area (Å²) in [6.07, 6.45) is 9.54. The zero-order valence-corrected chi connectivity index (χ0v) is 14.1. The zero-order valence-electron chi connectivity index (χ0n) is 14.1. The normalized spacial score (nSPS) is 32.2.